The van der Waals surface area contributed by atoms with Crippen LogP contribution in [0.5, 0.6) is 5.88 Å². The van der Waals surface area contributed by atoms with Gasteiger partial charge in [-0.15, -0.1) is 0 Å². The van der Waals surface area contributed by atoms with Crippen LogP contribution < -0.4 is 20.3 Å². The normalized spacial score (nSPS) is 14.5. The number of rotatable bonds is 7. The van der Waals surface area contributed by atoms with Crippen LogP contribution in [0.2, 0.25) is 0 Å². The third kappa shape index (κ3) is 4.50. The van der Waals surface area contributed by atoms with E-state index in [0.717, 1.165) is 32.5 Å². The predicted octanol–water partition coefficient (Wildman–Crippen LogP) is 2.73. The third-order valence-corrected chi connectivity index (χ3v) is 5.55. The molecule has 1 aliphatic heterocycles. The molecule has 2 aromatic heterocycles. The molecule has 0 unspecified atom stereocenters. The number of ether oxygens (including phenoxy) is 1. The number of fused-ring (bicyclic) bond motifs is 1. The predicted molar refractivity (Wildman–Crippen MR) is 121 cm³/mol. The number of anilines is 2. The molecule has 32 heavy (non-hydrogen) atoms. The van der Waals surface area contributed by atoms with Crippen LogP contribution in [0.15, 0.2) is 24.5 Å². The third-order valence-electron chi connectivity index (χ3n) is 5.55. The summed E-state index contributed by atoms with van der Waals surface area (Å²) in [4.78, 5) is 24.2. The molecule has 0 atom stereocenters. The molecule has 0 bridgehead atoms. The van der Waals surface area contributed by atoms with E-state index in [4.69, 9.17) is 4.74 Å². The SMILES string of the molecule is CCOc1nc(N(CC)C2CCNCC2)ncc1C(=O)Nc1cc(F)c2nn(C)cc2c1. The average molecular weight is 442 g/mol. The van der Waals surface area contributed by atoms with Gasteiger partial charge in [-0.25, -0.2) is 9.37 Å². The number of aromatic nitrogens is 4. The number of aryl methyl sites for hydroxylation is 1. The van der Waals surface area contributed by atoms with Crippen LogP contribution in [0, 0.1) is 5.82 Å². The van der Waals surface area contributed by atoms with Crippen LogP contribution in [0.1, 0.15) is 37.0 Å². The Bertz CT molecular complexity index is 1110. The van der Waals surface area contributed by atoms with Gasteiger partial charge in [-0.3, -0.25) is 9.48 Å². The van der Waals surface area contributed by atoms with E-state index in [9.17, 15) is 9.18 Å². The average Bonchev–Trinajstić information content (AvgIpc) is 3.16. The number of amides is 1. The van der Waals surface area contributed by atoms with Crippen molar-refractivity contribution in [2.75, 3.05) is 36.5 Å². The lowest BCUT2D eigenvalue weighted by molar-refractivity contribution is 0.102. The molecule has 4 rings (SSSR count). The van der Waals surface area contributed by atoms with Gasteiger partial charge in [0.15, 0.2) is 5.82 Å². The summed E-state index contributed by atoms with van der Waals surface area (Å²) in [7, 11) is 1.72. The van der Waals surface area contributed by atoms with Crippen molar-refractivity contribution in [2.45, 2.75) is 32.7 Å². The van der Waals surface area contributed by atoms with E-state index in [0.29, 0.717) is 29.7 Å². The first-order chi connectivity index (χ1) is 15.5. The second-order valence-corrected chi connectivity index (χ2v) is 7.74. The fraction of sp³-hybridized carbons (Fsp3) is 0.455. The number of benzene rings is 1. The van der Waals surface area contributed by atoms with Crippen LogP contribution in [-0.2, 0) is 7.05 Å². The monoisotopic (exact) mass is 441 g/mol. The summed E-state index contributed by atoms with van der Waals surface area (Å²) in [6.07, 6.45) is 5.18. The van der Waals surface area contributed by atoms with E-state index in [-0.39, 0.29) is 17.0 Å². The van der Waals surface area contributed by atoms with E-state index in [1.807, 2.05) is 6.92 Å². The van der Waals surface area contributed by atoms with Crippen molar-refractivity contribution in [3.63, 3.8) is 0 Å². The van der Waals surface area contributed by atoms with Gasteiger partial charge in [0.1, 0.15) is 11.1 Å². The van der Waals surface area contributed by atoms with Gasteiger partial charge in [0.2, 0.25) is 11.8 Å². The number of piperidine rings is 1. The quantitative estimate of drug-likeness (QED) is 0.582. The summed E-state index contributed by atoms with van der Waals surface area (Å²) < 4.78 is 21.6. The van der Waals surface area contributed by atoms with E-state index in [1.165, 1.54) is 16.9 Å². The Morgan fingerprint density at radius 2 is 2.12 bits per heavy atom. The number of carbonyl (C=O) groups is 1. The van der Waals surface area contributed by atoms with Crippen molar-refractivity contribution < 1.29 is 13.9 Å². The molecule has 0 radical (unpaired) electrons. The first-order valence-corrected chi connectivity index (χ1v) is 10.9. The zero-order valence-corrected chi connectivity index (χ0v) is 18.6. The Morgan fingerprint density at radius 3 is 2.84 bits per heavy atom. The van der Waals surface area contributed by atoms with Crippen LogP contribution in [-0.4, -0.2) is 57.9 Å². The molecule has 3 aromatic rings. The highest BCUT2D eigenvalue weighted by atomic mass is 19.1. The first-order valence-electron chi connectivity index (χ1n) is 10.9. The van der Waals surface area contributed by atoms with Crippen LogP contribution in [0.4, 0.5) is 16.0 Å². The van der Waals surface area contributed by atoms with E-state index < -0.39 is 11.7 Å². The van der Waals surface area contributed by atoms with Crippen molar-refractivity contribution in [3.8, 4) is 5.88 Å². The summed E-state index contributed by atoms with van der Waals surface area (Å²) in [5.41, 5.74) is 0.777. The molecule has 1 aliphatic rings. The molecule has 0 aliphatic carbocycles. The fourth-order valence-electron chi connectivity index (χ4n) is 4.06. The van der Waals surface area contributed by atoms with Crippen LogP contribution in [0.3, 0.4) is 0 Å². The van der Waals surface area contributed by atoms with Crippen LogP contribution in [0.25, 0.3) is 10.9 Å². The fourth-order valence-corrected chi connectivity index (χ4v) is 4.06. The number of hydrogen-bond donors (Lipinski definition) is 2. The number of nitrogens with zero attached hydrogens (tertiary/aromatic N) is 5. The lowest BCUT2D eigenvalue weighted by Gasteiger charge is -2.34. The highest BCUT2D eigenvalue weighted by Crippen LogP contribution is 2.25. The molecule has 1 aromatic carbocycles. The van der Waals surface area contributed by atoms with Gasteiger partial charge in [-0.1, -0.05) is 0 Å². The number of hydrogen-bond acceptors (Lipinski definition) is 7. The second-order valence-electron chi connectivity index (χ2n) is 7.74. The van der Waals surface area contributed by atoms with Gasteiger partial charge in [0, 0.05) is 43.1 Å². The van der Waals surface area contributed by atoms with Gasteiger partial charge < -0.3 is 20.3 Å². The minimum atomic E-state index is -0.504. The summed E-state index contributed by atoms with van der Waals surface area (Å²) >= 11 is 0. The lowest BCUT2D eigenvalue weighted by atomic mass is 10.1. The first kappa shape index (κ1) is 21.9. The molecule has 3 heterocycles. The number of carbonyl (C=O) groups excluding carboxylic acids is 1. The largest absolute Gasteiger partial charge is 0.477 e. The molecule has 2 N–H and O–H groups in total. The Kier molecular flexibility index (Phi) is 6.50. The minimum Gasteiger partial charge on any atom is -0.477 e. The van der Waals surface area contributed by atoms with Crippen molar-refractivity contribution in [2.24, 2.45) is 7.05 Å². The molecule has 9 nitrogen and oxygen atoms in total. The summed E-state index contributed by atoms with van der Waals surface area (Å²) in [6.45, 7) is 6.92. The smallest absolute Gasteiger partial charge is 0.262 e. The summed E-state index contributed by atoms with van der Waals surface area (Å²) in [5.74, 6) is -0.212. The molecule has 1 fully saturated rings. The van der Waals surface area contributed by atoms with Gasteiger partial charge in [-0.05, 0) is 51.9 Å². The molecule has 0 spiro atoms. The maximum absolute atomic E-state index is 14.4. The van der Waals surface area contributed by atoms with Crippen molar-refractivity contribution in [1.82, 2.24) is 25.1 Å². The van der Waals surface area contributed by atoms with Crippen LogP contribution >= 0.6 is 0 Å². The molecule has 10 heteroatoms. The molecular formula is C22H28FN7O2. The summed E-state index contributed by atoms with van der Waals surface area (Å²) in [6, 6.07) is 3.26. The highest BCUT2D eigenvalue weighted by Gasteiger charge is 2.24. The molecular weight excluding hydrogens is 413 g/mol. The Morgan fingerprint density at radius 1 is 1.34 bits per heavy atom. The van der Waals surface area contributed by atoms with E-state index in [2.05, 4.69) is 37.5 Å². The zero-order valence-electron chi connectivity index (χ0n) is 18.6. The number of halogens is 1. The Hall–Kier alpha value is -3.27. The molecule has 1 saturated heterocycles. The van der Waals surface area contributed by atoms with Crippen molar-refractivity contribution in [3.05, 3.63) is 35.9 Å². The van der Waals surface area contributed by atoms with Gasteiger partial charge in [-0.2, -0.15) is 10.1 Å². The second kappa shape index (κ2) is 9.47. The van der Waals surface area contributed by atoms with E-state index >= 15 is 0 Å². The zero-order chi connectivity index (χ0) is 22.7. The summed E-state index contributed by atoms with van der Waals surface area (Å²) in [5, 5.41) is 10.8. The van der Waals surface area contributed by atoms with Gasteiger partial charge in [0.25, 0.3) is 5.91 Å². The van der Waals surface area contributed by atoms with Crippen molar-refractivity contribution in [1.29, 1.82) is 0 Å². The maximum Gasteiger partial charge on any atom is 0.262 e. The molecule has 170 valence electrons. The molecule has 0 saturated carbocycles. The minimum absolute atomic E-state index is 0.198. The topological polar surface area (TPSA) is 97.2 Å². The Labute approximate surface area is 186 Å². The van der Waals surface area contributed by atoms with Gasteiger partial charge in [0.05, 0.1) is 6.61 Å². The highest BCUT2D eigenvalue weighted by molar-refractivity contribution is 6.06. The van der Waals surface area contributed by atoms with E-state index in [1.54, 1.807) is 19.3 Å². The van der Waals surface area contributed by atoms with Gasteiger partial charge >= 0.3 is 0 Å². The standard InChI is InChI=1S/C22H28FN7O2/c1-4-30(16-6-8-24-9-7-16)22-25-12-17(21(27-22)32-5-2)20(31)26-15-10-14-13-29(3)28-19(14)18(23)11-15/h10-13,16,24H,4-9H2,1-3H3,(H,26,31). The lowest BCUT2D eigenvalue weighted by Crippen LogP contribution is -2.44. The number of nitrogens with one attached hydrogen (secondary N) is 2. The van der Waals surface area contributed by atoms with Crippen molar-refractivity contribution >= 4 is 28.4 Å². The molecule has 1 amide bonds. The Balaban J connectivity index is 1.60. The maximum atomic E-state index is 14.4.